The summed E-state index contributed by atoms with van der Waals surface area (Å²) in [6, 6.07) is 0.786. The van der Waals surface area contributed by atoms with E-state index in [0.717, 1.165) is 0 Å². The van der Waals surface area contributed by atoms with Crippen molar-refractivity contribution in [2.24, 2.45) is 0 Å². The maximum Gasteiger partial charge on any atom is 0.328 e. The highest BCUT2D eigenvalue weighted by molar-refractivity contribution is 6.03. The molecule has 0 saturated heterocycles. The maximum atomic E-state index is 12.3. The van der Waals surface area contributed by atoms with Gasteiger partial charge in [0.05, 0.1) is 5.69 Å². The van der Waals surface area contributed by atoms with E-state index in [2.05, 4.69) is 10.6 Å². The number of anilines is 1. The molecule has 0 radical (unpaired) electrons. The van der Waals surface area contributed by atoms with Gasteiger partial charge in [0.1, 0.15) is 11.5 Å². The molecule has 0 aliphatic carbocycles. The number of nitrogens with one attached hydrogen (secondary N) is 3. The zero-order chi connectivity index (χ0) is 16.9. The maximum absolute atomic E-state index is 12.3. The fourth-order valence-electron chi connectivity index (χ4n) is 2.34. The lowest BCUT2D eigenvalue weighted by atomic mass is 10.00. The summed E-state index contributed by atoms with van der Waals surface area (Å²) < 4.78 is 0. The lowest BCUT2D eigenvalue weighted by Crippen LogP contribution is -2.46. The summed E-state index contributed by atoms with van der Waals surface area (Å²) >= 11 is 0. The first-order chi connectivity index (χ1) is 10.4. The Kier molecular flexibility index (Phi) is 6.03. The minimum Gasteiger partial charge on any atom is -0.507 e. The number of rotatable bonds is 4. The smallest absolute Gasteiger partial charge is 0.328 e. The molecular weight excluding hydrogens is 284 g/mol. The number of phenolic OH excluding ortho intramolecular Hbond substituents is 2. The Morgan fingerprint density at radius 3 is 2.09 bits per heavy atom. The van der Waals surface area contributed by atoms with E-state index in [1.165, 1.54) is 11.0 Å². The molecule has 0 unspecified atom stereocenters. The second-order valence-electron chi connectivity index (χ2n) is 4.82. The number of hydrogen-bond acceptors (Lipinski definition) is 4. The summed E-state index contributed by atoms with van der Waals surface area (Å²) in [7, 11) is 1.54. The van der Waals surface area contributed by atoms with Crippen LogP contribution in [0.4, 0.5) is 10.5 Å². The summed E-state index contributed by atoms with van der Waals surface area (Å²) in [4.78, 5) is 13.6. The molecule has 1 rings (SSSR count). The predicted molar refractivity (Wildman–Crippen MR) is 86.9 cm³/mol. The van der Waals surface area contributed by atoms with Gasteiger partial charge in [-0.1, -0.05) is 13.8 Å². The summed E-state index contributed by atoms with van der Waals surface area (Å²) in [5.41, 5.74) is 1.65. The number of guanidine groups is 1. The third-order valence-corrected chi connectivity index (χ3v) is 3.40. The Labute approximate surface area is 130 Å². The zero-order valence-electron chi connectivity index (χ0n) is 13.4. The number of nitrogens with zero attached hydrogens (tertiary/aromatic N) is 1. The lowest BCUT2D eigenvalue weighted by molar-refractivity contribution is 0.251. The normalized spacial score (nSPS) is 10.2. The van der Waals surface area contributed by atoms with Crippen LogP contribution in [0.15, 0.2) is 6.07 Å². The number of carbonyl (C=O) groups is 1. The van der Waals surface area contributed by atoms with Crippen LogP contribution >= 0.6 is 0 Å². The lowest BCUT2D eigenvalue weighted by Gasteiger charge is -2.25. The topological polar surface area (TPSA) is 109 Å². The fraction of sp³-hybridized carbons (Fsp3) is 0.467. The van der Waals surface area contributed by atoms with Gasteiger partial charge in [-0.3, -0.25) is 15.6 Å². The van der Waals surface area contributed by atoms with Crippen molar-refractivity contribution in [3.63, 3.8) is 0 Å². The zero-order valence-corrected chi connectivity index (χ0v) is 13.4. The van der Waals surface area contributed by atoms with Crippen molar-refractivity contribution in [2.75, 3.05) is 18.5 Å². The van der Waals surface area contributed by atoms with E-state index < -0.39 is 6.03 Å². The summed E-state index contributed by atoms with van der Waals surface area (Å²) in [5.74, 6) is -0.193. The highest BCUT2D eigenvalue weighted by Gasteiger charge is 2.23. The molecule has 7 nitrogen and oxygen atoms in total. The van der Waals surface area contributed by atoms with Crippen LogP contribution in [0.5, 0.6) is 11.5 Å². The second kappa shape index (κ2) is 7.53. The SMILES string of the molecule is CCNC(=N)NC(=O)N(C)c1c(CC)c(O)cc(O)c1CC. The van der Waals surface area contributed by atoms with Gasteiger partial charge in [0.2, 0.25) is 0 Å². The Hall–Kier alpha value is -2.44. The molecule has 2 amide bonds. The average Bonchev–Trinajstić information content (AvgIpc) is 2.45. The Morgan fingerprint density at radius 1 is 1.18 bits per heavy atom. The highest BCUT2D eigenvalue weighted by atomic mass is 16.3. The molecule has 22 heavy (non-hydrogen) atoms. The van der Waals surface area contributed by atoms with Gasteiger partial charge in [-0.2, -0.15) is 0 Å². The Bertz CT molecular complexity index is 544. The molecule has 1 aromatic carbocycles. The summed E-state index contributed by atoms with van der Waals surface area (Å²) in [6.07, 6.45) is 1.02. The largest absolute Gasteiger partial charge is 0.507 e. The van der Waals surface area contributed by atoms with Gasteiger partial charge in [0.15, 0.2) is 5.96 Å². The number of aromatic hydroxyl groups is 2. The first-order valence-electron chi connectivity index (χ1n) is 7.31. The predicted octanol–water partition coefficient (Wildman–Crippen LogP) is 1.91. The third-order valence-electron chi connectivity index (χ3n) is 3.40. The van der Waals surface area contributed by atoms with Crippen molar-refractivity contribution in [3.05, 3.63) is 17.2 Å². The van der Waals surface area contributed by atoms with Crippen molar-refractivity contribution >= 4 is 17.7 Å². The molecule has 0 spiro atoms. The van der Waals surface area contributed by atoms with Crippen molar-refractivity contribution in [1.82, 2.24) is 10.6 Å². The minimum atomic E-state index is -0.514. The molecule has 0 aliphatic rings. The van der Waals surface area contributed by atoms with Crippen molar-refractivity contribution in [2.45, 2.75) is 33.6 Å². The standard InChI is InChI=1S/C15H24N4O3/c1-5-9-11(20)8-12(21)10(6-2)13(9)19(4)15(22)18-14(16)17-7-3/h8,20-21H,5-7H2,1-4H3,(H3,16,17,18,22). The summed E-state index contributed by atoms with van der Waals surface area (Å²) in [6.45, 7) is 6.07. The van der Waals surface area contributed by atoms with E-state index >= 15 is 0 Å². The molecule has 0 saturated carbocycles. The Balaban J connectivity index is 3.23. The van der Waals surface area contributed by atoms with Crippen LogP contribution in [0.1, 0.15) is 31.9 Å². The second-order valence-corrected chi connectivity index (χ2v) is 4.82. The average molecular weight is 308 g/mol. The molecular formula is C15H24N4O3. The monoisotopic (exact) mass is 308 g/mol. The first kappa shape index (κ1) is 17.6. The molecule has 0 atom stereocenters. The molecule has 1 aromatic rings. The van der Waals surface area contributed by atoms with Crippen molar-refractivity contribution < 1.29 is 15.0 Å². The number of urea groups is 1. The van der Waals surface area contributed by atoms with Gasteiger partial charge in [-0.05, 0) is 19.8 Å². The van der Waals surface area contributed by atoms with Crippen molar-refractivity contribution in [3.8, 4) is 11.5 Å². The molecule has 122 valence electrons. The number of hydrogen-bond donors (Lipinski definition) is 5. The number of benzene rings is 1. The Morgan fingerprint density at radius 2 is 1.68 bits per heavy atom. The summed E-state index contributed by atoms with van der Waals surface area (Å²) in [5, 5.41) is 32.7. The fourth-order valence-corrected chi connectivity index (χ4v) is 2.34. The van der Waals surface area contributed by atoms with Gasteiger partial charge < -0.3 is 15.5 Å². The molecule has 0 heterocycles. The van der Waals surface area contributed by atoms with Crippen LogP contribution in [0.2, 0.25) is 0 Å². The molecule has 0 bridgehead atoms. The van der Waals surface area contributed by atoms with Crippen LogP contribution in [-0.4, -0.2) is 35.8 Å². The van der Waals surface area contributed by atoms with Gasteiger partial charge in [0.25, 0.3) is 0 Å². The first-order valence-corrected chi connectivity index (χ1v) is 7.31. The van der Waals surface area contributed by atoms with E-state index in [-0.39, 0.29) is 17.5 Å². The third kappa shape index (κ3) is 3.60. The number of phenols is 2. The molecule has 7 heteroatoms. The van der Waals surface area contributed by atoms with Gasteiger partial charge in [0, 0.05) is 30.8 Å². The van der Waals surface area contributed by atoms with E-state index in [9.17, 15) is 15.0 Å². The van der Waals surface area contributed by atoms with Crippen LogP contribution < -0.4 is 15.5 Å². The van der Waals surface area contributed by atoms with Crippen LogP contribution in [-0.2, 0) is 12.8 Å². The van der Waals surface area contributed by atoms with Crippen LogP contribution in [0.3, 0.4) is 0 Å². The van der Waals surface area contributed by atoms with Crippen LogP contribution in [0.25, 0.3) is 0 Å². The highest BCUT2D eigenvalue weighted by Crippen LogP contribution is 2.38. The van der Waals surface area contributed by atoms with Crippen LogP contribution in [0, 0.1) is 5.41 Å². The molecule has 0 aromatic heterocycles. The molecule has 0 fully saturated rings. The molecule has 0 aliphatic heterocycles. The van der Waals surface area contributed by atoms with Gasteiger partial charge in [-0.25, -0.2) is 4.79 Å². The van der Waals surface area contributed by atoms with E-state index in [1.54, 1.807) is 7.05 Å². The van der Waals surface area contributed by atoms with Crippen molar-refractivity contribution in [1.29, 1.82) is 5.41 Å². The molecule has 5 N–H and O–H groups in total. The van der Waals surface area contributed by atoms with E-state index in [0.29, 0.717) is 36.2 Å². The number of carbonyl (C=O) groups excluding carboxylic acids is 1. The number of amides is 2. The van der Waals surface area contributed by atoms with E-state index in [4.69, 9.17) is 5.41 Å². The quantitative estimate of drug-likeness (QED) is 0.432. The van der Waals surface area contributed by atoms with E-state index in [1.807, 2.05) is 20.8 Å². The van der Waals surface area contributed by atoms with Gasteiger partial charge >= 0.3 is 6.03 Å². The minimum absolute atomic E-state index is 0.0476. The van der Waals surface area contributed by atoms with Gasteiger partial charge in [-0.15, -0.1) is 0 Å².